The van der Waals surface area contributed by atoms with Crippen molar-refractivity contribution in [2.45, 2.75) is 33.7 Å². The molecule has 0 bridgehead atoms. The molecule has 1 N–H and O–H groups in total. The van der Waals surface area contributed by atoms with Crippen molar-refractivity contribution in [3.8, 4) is 17.0 Å². The summed E-state index contributed by atoms with van der Waals surface area (Å²) in [7, 11) is 0. The molecule has 0 atom stereocenters. The lowest BCUT2D eigenvalue weighted by Crippen LogP contribution is -2.24. The van der Waals surface area contributed by atoms with E-state index in [1.807, 2.05) is 48.1 Å². The second-order valence-electron chi connectivity index (χ2n) is 7.35. The molecule has 7 nitrogen and oxygen atoms in total. The lowest BCUT2D eigenvalue weighted by molar-refractivity contribution is 0.102. The summed E-state index contributed by atoms with van der Waals surface area (Å²) in [6.07, 6.45) is 2.52. The molecular formula is C24H24N4O3S. The Kier molecular flexibility index (Phi) is 6.32. The van der Waals surface area contributed by atoms with E-state index in [1.54, 1.807) is 18.3 Å². The van der Waals surface area contributed by atoms with Crippen molar-refractivity contribution in [3.63, 3.8) is 0 Å². The summed E-state index contributed by atoms with van der Waals surface area (Å²) in [6, 6.07) is 11.2. The second kappa shape index (κ2) is 9.32. The quantitative estimate of drug-likeness (QED) is 0.435. The maximum Gasteiger partial charge on any atom is 0.262 e. The fourth-order valence-corrected chi connectivity index (χ4v) is 4.05. The van der Waals surface area contributed by atoms with E-state index in [9.17, 15) is 9.59 Å². The highest BCUT2D eigenvalue weighted by Crippen LogP contribution is 2.27. The summed E-state index contributed by atoms with van der Waals surface area (Å²) in [5.74, 6) is 0.330. The highest BCUT2D eigenvalue weighted by Gasteiger charge is 2.17. The summed E-state index contributed by atoms with van der Waals surface area (Å²) < 4.78 is 7.42. The van der Waals surface area contributed by atoms with Crippen LogP contribution in [0.2, 0.25) is 0 Å². The number of hydrogen-bond acceptors (Lipinski definition) is 6. The Balaban J connectivity index is 1.57. The van der Waals surface area contributed by atoms with Crippen molar-refractivity contribution < 1.29 is 9.53 Å². The first kappa shape index (κ1) is 21.7. The number of aryl methyl sites for hydroxylation is 2. The number of nitrogens with zero attached hydrogens (tertiary/aromatic N) is 3. The Labute approximate surface area is 189 Å². The van der Waals surface area contributed by atoms with E-state index in [2.05, 4.69) is 22.2 Å². The molecule has 0 aliphatic heterocycles. The number of anilines is 1. The van der Waals surface area contributed by atoms with Crippen LogP contribution in [-0.2, 0) is 6.54 Å². The van der Waals surface area contributed by atoms with Gasteiger partial charge in [-0.2, -0.15) is 0 Å². The number of carbonyl (C=O) groups excluding carboxylic acids is 1. The van der Waals surface area contributed by atoms with Crippen molar-refractivity contribution >= 4 is 33.4 Å². The first-order valence-corrected chi connectivity index (χ1v) is 11.4. The number of thiazole rings is 1. The highest BCUT2D eigenvalue weighted by molar-refractivity contribution is 7.14. The van der Waals surface area contributed by atoms with Gasteiger partial charge in [-0.25, -0.2) is 9.97 Å². The highest BCUT2D eigenvalue weighted by atomic mass is 32.1. The molecule has 0 saturated heterocycles. The van der Waals surface area contributed by atoms with Crippen LogP contribution in [0, 0.1) is 6.92 Å². The molecule has 4 aromatic rings. The molecule has 1 amide bonds. The topological polar surface area (TPSA) is 86.1 Å². The van der Waals surface area contributed by atoms with Gasteiger partial charge in [-0.15, -0.1) is 11.3 Å². The molecule has 1 aromatic carbocycles. The summed E-state index contributed by atoms with van der Waals surface area (Å²) in [4.78, 5) is 34.8. The number of nitrogens with one attached hydrogen (secondary N) is 1. The van der Waals surface area contributed by atoms with Crippen LogP contribution in [0.15, 0.2) is 52.8 Å². The van der Waals surface area contributed by atoms with Gasteiger partial charge < -0.3 is 9.30 Å². The van der Waals surface area contributed by atoms with Crippen LogP contribution in [0.4, 0.5) is 5.13 Å². The van der Waals surface area contributed by atoms with Gasteiger partial charge in [-0.05, 0) is 56.7 Å². The average molecular weight is 449 g/mol. The zero-order valence-electron chi connectivity index (χ0n) is 18.2. The van der Waals surface area contributed by atoms with E-state index < -0.39 is 5.91 Å². The first-order chi connectivity index (χ1) is 15.5. The van der Waals surface area contributed by atoms with E-state index in [4.69, 9.17) is 4.74 Å². The van der Waals surface area contributed by atoms with Crippen LogP contribution in [0.1, 0.15) is 36.3 Å². The Hall–Kier alpha value is -3.52. The fraction of sp³-hybridized carbons (Fsp3) is 0.250. The molecule has 4 rings (SSSR count). The van der Waals surface area contributed by atoms with Crippen LogP contribution in [0.3, 0.4) is 0 Å². The largest absolute Gasteiger partial charge is 0.494 e. The van der Waals surface area contributed by atoms with Crippen LogP contribution in [0.25, 0.3) is 22.3 Å². The molecule has 32 heavy (non-hydrogen) atoms. The van der Waals surface area contributed by atoms with E-state index in [-0.39, 0.29) is 11.0 Å². The van der Waals surface area contributed by atoms with Crippen LogP contribution in [-0.4, -0.2) is 27.0 Å². The second-order valence-corrected chi connectivity index (χ2v) is 8.20. The number of amides is 1. The molecule has 0 spiro atoms. The molecule has 0 aliphatic rings. The predicted octanol–water partition coefficient (Wildman–Crippen LogP) is 4.89. The molecule has 0 saturated carbocycles. The Morgan fingerprint density at radius 1 is 1.12 bits per heavy atom. The van der Waals surface area contributed by atoms with Gasteiger partial charge in [0.2, 0.25) is 5.43 Å². The van der Waals surface area contributed by atoms with E-state index in [0.29, 0.717) is 29.3 Å². The van der Waals surface area contributed by atoms with Crippen molar-refractivity contribution in [1.29, 1.82) is 0 Å². The minimum absolute atomic E-state index is 0.0687. The summed E-state index contributed by atoms with van der Waals surface area (Å²) in [5, 5.41) is 5.49. The van der Waals surface area contributed by atoms with Gasteiger partial charge >= 0.3 is 0 Å². The average Bonchev–Trinajstić information content (AvgIpc) is 3.26. The van der Waals surface area contributed by atoms with Crippen molar-refractivity contribution in [3.05, 3.63) is 69.5 Å². The van der Waals surface area contributed by atoms with Crippen molar-refractivity contribution in [1.82, 2.24) is 14.5 Å². The number of aromatic nitrogens is 3. The maximum absolute atomic E-state index is 12.9. The summed E-state index contributed by atoms with van der Waals surface area (Å²) in [6.45, 7) is 7.15. The standard InChI is InChI=1S/C24H24N4O3S/c1-4-12-31-17-9-7-16(8-10-17)20-14-32-24(26-20)27-23(30)19-13-28(5-2)22-18(21(19)29)11-6-15(3)25-22/h6-11,13-14H,4-5,12H2,1-3H3,(H,26,27,30). The normalized spacial score (nSPS) is 11.0. The summed E-state index contributed by atoms with van der Waals surface area (Å²) >= 11 is 1.31. The molecule has 8 heteroatoms. The van der Waals surface area contributed by atoms with Gasteiger partial charge in [-0.3, -0.25) is 14.9 Å². The first-order valence-electron chi connectivity index (χ1n) is 10.5. The van der Waals surface area contributed by atoms with E-state index in [1.165, 1.54) is 11.3 Å². The molecule has 0 radical (unpaired) electrons. The van der Waals surface area contributed by atoms with Gasteiger partial charge in [0.15, 0.2) is 5.13 Å². The van der Waals surface area contributed by atoms with Crippen LogP contribution in [0.5, 0.6) is 5.75 Å². The number of carbonyl (C=O) groups is 1. The molecule has 0 fully saturated rings. The van der Waals surface area contributed by atoms with Gasteiger partial charge in [0.25, 0.3) is 5.91 Å². The number of rotatable bonds is 7. The predicted molar refractivity (Wildman–Crippen MR) is 128 cm³/mol. The maximum atomic E-state index is 12.9. The third-order valence-electron chi connectivity index (χ3n) is 4.99. The Morgan fingerprint density at radius 3 is 2.62 bits per heavy atom. The fourth-order valence-electron chi connectivity index (χ4n) is 3.33. The van der Waals surface area contributed by atoms with Gasteiger partial charge in [0, 0.05) is 29.4 Å². The minimum atomic E-state index is -0.483. The van der Waals surface area contributed by atoms with Crippen molar-refractivity contribution in [2.24, 2.45) is 0 Å². The third-order valence-corrected chi connectivity index (χ3v) is 5.75. The minimum Gasteiger partial charge on any atom is -0.494 e. The number of ether oxygens (including phenoxy) is 1. The lowest BCUT2D eigenvalue weighted by atomic mass is 10.1. The SMILES string of the molecule is CCCOc1ccc(-c2csc(NC(=O)c3cn(CC)c4nc(C)ccc4c3=O)n2)cc1. The number of hydrogen-bond donors (Lipinski definition) is 1. The van der Waals surface area contributed by atoms with E-state index in [0.717, 1.165) is 29.1 Å². The van der Waals surface area contributed by atoms with Crippen LogP contribution < -0.4 is 15.5 Å². The molecule has 0 unspecified atom stereocenters. The molecule has 164 valence electrons. The van der Waals surface area contributed by atoms with Gasteiger partial charge in [-0.1, -0.05) is 6.92 Å². The Bertz CT molecular complexity index is 1330. The Morgan fingerprint density at radius 2 is 1.91 bits per heavy atom. The van der Waals surface area contributed by atoms with Gasteiger partial charge in [0.1, 0.15) is 17.0 Å². The van der Waals surface area contributed by atoms with Crippen molar-refractivity contribution in [2.75, 3.05) is 11.9 Å². The number of fused-ring (bicyclic) bond motifs is 1. The lowest BCUT2D eigenvalue weighted by Gasteiger charge is -2.11. The smallest absolute Gasteiger partial charge is 0.262 e. The zero-order valence-corrected chi connectivity index (χ0v) is 19.0. The van der Waals surface area contributed by atoms with E-state index >= 15 is 0 Å². The van der Waals surface area contributed by atoms with Crippen LogP contribution >= 0.6 is 11.3 Å². The molecule has 3 heterocycles. The monoisotopic (exact) mass is 448 g/mol. The molecule has 3 aromatic heterocycles. The summed E-state index contributed by atoms with van der Waals surface area (Å²) in [5.41, 5.74) is 2.80. The number of benzene rings is 1. The van der Waals surface area contributed by atoms with Gasteiger partial charge in [0.05, 0.1) is 17.7 Å². The molecular weight excluding hydrogens is 424 g/mol. The number of pyridine rings is 2. The molecule has 0 aliphatic carbocycles. The zero-order chi connectivity index (χ0) is 22.7. The third kappa shape index (κ3) is 4.40.